The highest BCUT2D eigenvalue weighted by atomic mass is 28.3. The van der Waals surface area contributed by atoms with E-state index in [1.807, 2.05) is 12.1 Å². The van der Waals surface area contributed by atoms with Crippen LogP contribution in [0.25, 0.3) is 0 Å². The van der Waals surface area contributed by atoms with Crippen molar-refractivity contribution in [3.8, 4) is 0 Å². The van der Waals surface area contributed by atoms with Crippen LogP contribution in [-0.2, 0) is 6.54 Å². The van der Waals surface area contributed by atoms with Gasteiger partial charge in [0.05, 0.1) is 5.56 Å². The molecule has 0 atom stereocenters. The molecule has 0 fully saturated rings. The molecule has 88 valence electrons. The summed E-state index contributed by atoms with van der Waals surface area (Å²) < 4.78 is 2.27. The van der Waals surface area contributed by atoms with E-state index in [1.54, 1.807) is 12.1 Å². The number of hydrogen-bond donors (Lipinski definition) is 1. The molecule has 1 rings (SSSR count). The van der Waals surface area contributed by atoms with Crippen LogP contribution in [0.15, 0.2) is 24.3 Å². The molecule has 0 aliphatic heterocycles. The second-order valence-electron chi connectivity index (χ2n) is 4.99. The van der Waals surface area contributed by atoms with Crippen molar-refractivity contribution in [2.24, 2.45) is 0 Å². The summed E-state index contributed by atoms with van der Waals surface area (Å²) in [4.78, 5) is 11.0. The van der Waals surface area contributed by atoms with E-state index in [-0.39, 0.29) is 0 Å². The lowest BCUT2D eigenvalue weighted by molar-refractivity contribution is 0.0695. The molecular formula is C12H19NO2Si. The number of carbonyl (C=O) groups is 1. The normalized spacial score (nSPS) is 11.8. The smallest absolute Gasteiger partial charge is 0.336 e. The van der Waals surface area contributed by atoms with Crippen LogP contribution in [0, 0.1) is 0 Å². The van der Waals surface area contributed by atoms with E-state index < -0.39 is 14.2 Å². The van der Waals surface area contributed by atoms with Crippen molar-refractivity contribution in [1.82, 2.24) is 4.57 Å². The van der Waals surface area contributed by atoms with Gasteiger partial charge in [-0.2, -0.15) is 0 Å². The summed E-state index contributed by atoms with van der Waals surface area (Å²) in [6, 6.07) is 7.21. The first-order valence-electron chi connectivity index (χ1n) is 5.35. The zero-order valence-electron chi connectivity index (χ0n) is 10.3. The summed E-state index contributed by atoms with van der Waals surface area (Å²) in [5.74, 6) is -0.848. The predicted octanol–water partition coefficient (Wildman–Crippen LogP) is 2.65. The quantitative estimate of drug-likeness (QED) is 0.818. The van der Waals surface area contributed by atoms with Crippen LogP contribution < -0.4 is 0 Å². The molecule has 3 nitrogen and oxygen atoms in total. The van der Waals surface area contributed by atoms with E-state index in [1.165, 1.54) is 0 Å². The fourth-order valence-corrected chi connectivity index (χ4v) is 2.00. The van der Waals surface area contributed by atoms with Crippen LogP contribution in [-0.4, -0.2) is 30.9 Å². The van der Waals surface area contributed by atoms with Gasteiger partial charge in [0, 0.05) is 6.54 Å². The molecule has 16 heavy (non-hydrogen) atoms. The molecule has 1 aromatic rings. The van der Waals surface area contributed by atoms with Crippen LogP contribution in [0.5, 0.6) is 0 Å². The second-order valence-corrected chi connectivity index (χ2v) is 10.1. The highest BCUT2D eigenvalue weighted by molar-refractivity contribution is 6.73. The lowest BCUT2D eigenvalue weighted by Gasteiger charge is -2.30. The van der Waals surface area contributed by atoms with Gasteiger partial charge in [0.25, 0.3) is 0 Å². The molecule has 0 unspecified atom stereocenters. The first kappa shape index (κ1) is 12.9. The van der Waals surface area contributed by atoms with Gasteiger partial charge >= 0.3 is 5.97 Å². The van der Waals surface area contributed by atoms with Crippen LogP contribution in [0.3, 0.4) is 0 Å². The SMILES string of the molecule is CN(Cc1ccccc1C(=O)O)[Si](C)(C)C. The predicted molar refractivity (Wildman–Crippen MR) is 68.2 cm³/mol. The lowest BCUT2D eigenvalue weighted by atomic mass is 10.1. The summed E-state index contributed by atoms with van der Waals surface area (Å²) in [6.07, 6.45) is 0. The van der Waals surface area contributed by atoms with Gasteiger partial charge in [0.15, 0.2) is 0 Å². The van der Waals surface area contributed by atoms with Crippen LogP contribution in [0.2, 0.25) is 19.6 Å². The first-order chi connectivity index (χ1) is 7.32. The molecule has 4 heteroatoms. The van der Waals surface area contributed by atoms with Crippen molar-refractivity contribution in [3.63, 3.8) is 0 Å². The zero-order chi connectivity index (χ0) is 12.3. The fraction of sp³-hybridized carbons (Fsp3) is 0.417. The first-order valence-corrected chi connectivity index (χ1v) is 8.79. The largest absolute Gasteiger partial charge is 0.478 e. The number of rotatable bonds is 4. The van der Waals surface area contributed by atoms with Crippen molar-refractivity contribution in [1.29, 1.82) is 0 Å². The summed E-state index contributed by atoms with van der Waals surface area (Å²) in [5, 5.41) is 9.07. The molecule has 0 aliphatic rings. The number of carboxylic acids is 1. The van der Waals surface area contributed by atoms with Gasteiger partial charge < -0.3 is 9.67 Å². The average Bonchev–Trinajstić information content (AvgIpc) is 2.16. The van der Waals surface area contributed by atoms with Crippen LogP contribution >= 0.6 is 0 Å². The molecule has 0 aliphatic carbocycles. The summed E-state index contributed by atoms with van der Waals surface area (Å²) in [7, 11) is 0.700. The molecule has 1 aromatic carbocycles. The molecule has 0 aromatic heterocycles. The average molecular weight is 237 g/mol. The van der Waals surface area contributed by atoms with Crippen molar-refractivity contribution < 1.29 is 9.90 Å². The summed E-state index contributed by atoms with van der Waals surface area (Å²) in [5.41, 5.74) is 1.30. The Morgan fingerprint density at radius 3 is 2.38 bits per heavy atom. The molecular weight excluding hydrogens is 218 g/mol. The van der Waals surface area contributed by atoms with Gasteiger partial charge in [-0.15, -0.1) is 0 Å². The monoisotopic (exact) mass is 237 g/mol. The molecule has 0 radical (unpaired) electrons. The lowest BCUT2D eigenvalue weighted by Crippen LogP contribution is -2.42. The highest BCUT2D eigenvalue weighted by Crippen LogP contribution is 2.15. The maximum absolute atomic E-state index is 11.0. The minimum Gasteiger partial charge on any atom is -0.478 e. The number of aromatic carboxylic acids is 1. The van der Waals surface area contributed by atoms with Crippen molar-refractivity contribution >= 4 is 14.2 Å². The van der Waals surface area contributed by atoms with Gasteiger partial charge in [-0.3, -0.25) is 0 Å². The highest BCUT2D eigenvalue weighted by Gasteiger charge is 2.21. The van der Waals surface area contributed by atoms with Crippen molar-refractivity contribution in [3.05, 3.63) is 35.4 Å². The molecule has 0 bridgehead atoms. The van der Waals surface area contributed by atoms with E-state index in [0.717, 1.165) is 5.56 Å². The number of carboxylic acid groups (broad SMARTS) is 1. The van der Waals surface area contributed by atoms with E-state index in [2.05, 4.69) is 31.3 Å². The molecule has 0 amide bonds. The Labute approximate surface area is 97.8 Å². The third kappa shape index (κ3) is 3.18. The molecule has 0 spiro atoms. The van der Waals surface area contributed by atoms with E-state index in [9.17, 15) is 4.79 Å². The Morgan fingerprint density at radius 1 is 1.31 bits per heavy atom. The van der Waals surface area contributed by atoms with E-state index in [4.69, 9.17) is 5.11 Å². The Kier molecular flexibility index (Phi) is 3.88. The van der Waals surface area contributed by atoms with Crippen LogP contribution in [0.1, 0.15) is 15.9 Å². The molecule has 1 N–H and O–H groups in total. The Balaban J connectivity index is 2.93. The third-order valence-corrected chi connectivity index (χ3v) is 5.25. The summed E-state index contributed by atoms with van der Waals surface area (Å²) >= 11 is 0. The Hall–Kier alpha value is -1.13. The van der Waals surface area contributed by atoms with E-state index in [0.29, 0.717) is 12.1 Å². The van der Waals surface area contributed by atoms with Crippen molar-refractivity contribution in [2.75, 3.05) is 7.05 Å². The molecule has 0 heterocycles. The van der Waals surface area contributed by atoms with Crippen molar-refractivity contribution in [2.45, 2.75) is 26.2 Å². The Bertz CT molecular complexity index is 385. The fourth-order valence-electron chi connectivity index (χ4n) is 1.36. The number of benzene rings is 1. The number of hydrogen-bond acceptors (Lipinski definition) is 2. The van der Waals surface area contributed by atoms with Crippen LogP contribution in [0.4, 0.5) is 0 Å². The molecule has 0 saturated heterocycles. The minimum atomic E-state index is -1.36. The third-order valence-electron chi connectivity index (χ3n) is 2.80. The standard InChI is InChI=1S/C12H19NO2Si/c1-13(16(2,3)4)9-10-7-5-6-8-11(10)12(14)15/h5-8H,9H2,1-4H3,(H,14,15). The van der Waals surface area contributed by atoms with E-state index >= 15 is 0 Å². The van der Waals surface area contributed by atoms with Gasteiger partial charge in [0.1, 0.15) is 8.24 Å². The zero-order valence-corrected chi connectivity index (χ0v) is 11.3. The minimum absolute atomic E-state index is 0.410. The maximum atomic E-state index is 11.0. The van der Waals surface area contributed by atoms with Gasteiger partial charge in [-0.1, -0.05) is 37.8 Å². The van der Waals surface area contributed by atoms with Gasteiger partial charge in [-0.25, -0.2) is 4.79 Å². The maximum Gasteiger partial charge on any atom is 0.336 e. The molecule has 0 saturated carbocycles. The summed E-state index contributed by atoms with van der Waals surface area (Å²) in [6.45, 7) is 7.45. The number of nitrogens with zero attached hydrogens (tertiary/aromatic N) is 1. The van der Waals surface area contributed by atoms with Gasteiger partial charge in [0.2, 0.25) is 0 Å². The van der Waals surface area contributed by atoms with Gasteiger partial charge in [-0.05, 0) is 18.7 Å². The Morgan fingerprint density at radius 2 is 1.88 bits per heavy atom. The topological polar surface area (TPSA) is 40.5 Å². The second kappa shape index (κ2) is 4.80.